The topological polar surface area (TPSA) is 68.3 Å². The number of fused-ring (bicyclic) bond motifs is 2. The fourth-order valence-corrected chi connectivity index (χ4v) is 9.85. The number of nitrogens with zero attached hydrogens (tertiary/aromatic N) is 8. The van der Waals surface area contributed by atoms with Crippen LogP contribution in [0.1, 0.15) is 38.5 Å². The van der Waals surface area contributed by atoms with Crippen LogP contribution >= 0.6 is 0 Å². The molecule has 2 fully saturated rings. The van der Waals surface area contributed by atoms with Crippen molar-refractivity contribution in [2.24, 2.45) is 0 Å². The van der Waals surface area contributed by atoms with E-state index in [1.807, 2.05) is 60.7 Å². The summed E-state index contributed by atoms with van der Waals surface area (Å²) in [5, 5.41) is 0. The highest BCUT2D eigenvalue weighted by Gasteiger charge is 2.21. The lowest BCUT2D eigenvalue weighted by molar-refractivity contribution is -0.572. The summed E-state index contributed by atoms with van der Waals surface area (Å²) in [6, 6.07) is 58.1. The maximum absolute atomic E-state index is 6.53. The zero-order chi connectivity index (χ0) is 45.2. The SMILES string of the molecule is [c-]1n(-c2ccccc2N2CCCCC2)c2ccccc2[n+]1-c1cccc(Oc2ccnc(-c3cc(Oc4cccc(-[n+]5[c-]n(-c6ccccc6N6CCCCC6)c6ccccc65)c4)ccn3)c2)c1. The van der Waals surface area contributed by atoms with Crippen LogP contribution < -0.4 is 28.4 Å². The second kappa shape index (κ2) is 18.2. The fraction of sp³-hybridized carbons (Fsp3) is 0.172. The molecule has 2 aliphatic rings. The maximum atomic E-state index is 6.53. The Hall–Kier alpha value is -8.24. The molecular formula is C58H50N8O2. The van der Waals surface area contributed by atoms with Gasteiger partial charge in [0.05, 0.1) is 56.2 Å². The molecule has 2 aliphatic heterocycles. The molecule has 0 spiro atoms. The van der Waals surface area contributed by atoms with Crippen LogP contribution in [0.5, 0.6) is 23.0 Å². The summed E-state index contributed by atoms with van der Waals surface area (Å²) < 4.78 is 21.7. The standard InChI is InChI=1S/C58H50N8O2/c1-11-33-61(34-12-1)51-21-3-5-23-53(51)65-41-63(55-25-7-9-27-57(55)65)43-17-15-19-45(37-43)67-47-29-31-59-49(39-47)50-40-48(30-32-60-50)68-46-20-16-18-44(38-46)64-42-66(58-28-10-8-26-56(58)64)54-24-6-4-22-52(54)62-35-13-2-14-36-62/h3-10,15-32,37-40H,1-2,11-14,33-36H2. The van der Waals surface area contributed by atoms with Gasteiger partial charge in [-0.2, -0.15) is 0 Å². The van der Waals surface area contributed by atoms with Gasteiger partial charge in [0.25, 0.3) is 12.7 Å². The number of piperidine rings is 2. The zero-order valence-electron chi connectivity index (χ0n) is 37.8. The lowest BCUT2D eigenvalue weighted by Crippen LogP contribution is -2.31. The van der Waals surface area contributed by atoms with Crippen LogP contribution in [0.25, 0.3) is 56.2 Å². The largest absolute Gasteiger partial charge is 0.458 e. The van der Waals surface area contributed by atoms with Gasteiger partial charge in [-0.1, -0.05) is 84.9 Å². The summed E-state index contributed by atoms with van der Waals surface area (Å²) in [7, 11) is 0. The van der Waals surface area contributed by atoms with E-state index in [2.05, 4.69) is 150 Å². The molecule has 10 heteroatoms. The normalized spacial score (nSPS) is 14.1. The van der Waals surface area contributed by atoms with E-state index in [0.29, 0.717) is 34.4 Å². The summed E-state index contributed by atoms with van der Waals surface area (Å²) >= 11 is 0. The van der Waals surface area contributed by atoms with Gasteiger partial charge in [0, 0.05) is 62.1 Å². The Morgan fingerprint density at radius 2 is 0.779 bits per heavy atom. The Morgan fingerprint density at radius 3 is 1.24 bits per heavy atom. The van der Waals surface area contributed by atoms with Gasteiger partial charge in [0.1, 0.15) is 23.0 Å². The number of hydrogen-bond donors (Lipinski definition) is 0. The van der Waals surface area contributed by atoms with E-state index in [9.17, 15) is 0 Å². The van der Waals surface area contributed by atoms with Crippen molar-refractivity contribution in [2.75, 3.05) is 36.0 Å². The molecule has 6 aromatic carbocycles. The second-order valence-corrected chi connectivity index (χ2v) is 17.5. The van der Waals surface area contributed by atoms with Gasteiger partial charge < -0.3 is 19.3 Å². The lowest BCUT2D eigenvalue weighted by Gasteiger charge is -2.30. The van der Waals surface area contributed by atoms with Crippen molar-refractivity contribution in [3.05, 3.63) is 195 Å². The van der Waals surface area contributed by atoms with Gasteiger partial charge in [0.2, 0.25) is 0 Å². The predicted octanol–water partition coefficient (Wildman–Crippen LogP) is 11.8. The first-order chi connectivity index (χ1) is 33.7. The van der Waals surface area contributed by atoms with Gasteiger partial charge in [-0.25, -0.2) is 0 Å². The molecule has 0 bridgehead atoms. The molecule has 0 unspecified atom stereocenters. The molecule has 334 valence electrons. The summed E-state index contributed by atoms with van der Waals surface area (Å²) in [5.74, 6) is 2.68. The molecule has 0 N–H and O–H groups in total. The van der Waals surface area contributed by atoms with Gasteiger partial charge in [-0.15, -0.1) is 0 Å². The molecule has 0 saturated carbocycles. The van der Waals surface area contributed by atoms with Crippen molar-refractivity contribution in [3.8, 4) is 57.1 Å². The molecule has 68 heavy (non-hydrogen) atoms. The number of ether oxygens (including phenoxy) is 2. The highest BCUT2D eigenvalue weighted by Crippen LogP contribution is 2.33. The summed E-state index contributed by atoms with van der Waals surface area (Å²) in [6.45, 7) is 4.27. The van der Waals surface area contributed by atoms with Crippen LogP contribution in [0.4, 0.5) is 11.4 Å². The van der Waals surface area contributed by atoms with Gasteiger partial charge in [-0.05, 0) is 111 Å². The minimum Gasteiger partial charge on any atom is -0.458 e. The minimum atomic E-state index is 0.644. The Bertz CT molecular complexity index is 3190. The molecule has 2 saturated heterocycles. The van der Waals surface area contributed by atoms with E-state index in [1.165, 1.54) is 49.9 Å². The molecule has 0 aliphatic carbocycles. The Morgan fingerprint density at radius 1 is 0.382 bits per heavy atom. The van der Waals surface area contributed by atoms with E-state index in [4.69, 9.17) is 19.4 Å². The number of aromatic nitrogens is 6. The van der Waals surface area contributed by atoms with Crippen LogP contribution in [0.2, 0.25) is 0 Å². The first-order valence-corrected chi connectivity index (χ1v) is 23.8. The van der Waals surface area contributed by atoms with Crippen LogP contribution in [-0.2, 0) is 0 Å². The first kappa shape index (κ1) is 41.2. The molecular weight excluding hydrogens is 841 g/mol. The van der Waals surface area contributed by atoms with E-state index in [-0.39, 0.29) is 0 Å². The molecule has 12 rings (SSSR count). The molecule has 10 nitrogen and oxygen atoms in total. The fourth-order valence-electron chi connectivity index (χ4n) is 9.85. The summed E-state index contributed by atoms with van der Waals surface area (Å²) in [6.07, 6.45) is 18.3. The number of benzene rings is 6. The Kier molecular flexibility index (Phi) is 11.0. The van der Waals surface area contributed by atoms with E-state index in [0.717, 1.165) is 71.0 Å². The molecule has 0 atom stereocenters. The molecule has 0 radical (unpaired) electrons. The second-order valence-electron chi connectivity index (χ2n) is 17.5. The molecule has 10 aromatic rings. The minimum absolute atomic E-state index is 0.644. The predicted molar refractivity (Wildman–Crippen MR) is 267 cm³/mol. The van der Waals surface area contributed by atoms with Crippen molar-refractivity contribution >= 4 is 33.4 Å². The van der Waals surface area contributed by atoms with E-state index in [1.54, 1.807) is 12.4 Å². The monoisotopic (exact) mass is 890 g/mol. The van der Waals surface area contributed by atoms with Crippen molar-refractivity contribution in [1.82, 2.24) is 19.1 Å². The maximum Gasteiger partial charge on any atom is 0.269 e. The third-order valence-electron chi connectivity index (χ3n) is 13.1. The van der Waals surface area contributed by atoms with Crippen molar-refractivity contribution in [1.29, 1.82) is 0 Å². The highest BCUT2D eigenvalue weighted by molar-refractivity contribution is 5.79. The zero-order valence-corrected chi connectivity index (χ0v) is 37.8. The summed E-state index contributed by atoms with van der Waals surface area (Å²) in [4.78, 5) is 14.4. The van der Waals surface area contributed by atoms with Gasteiger partial charge >= 0.3 is 0 Å². The van der Waals surface area contributed by atoms with E-state index >= 15 is 0 Å². The summed E-state index contributed by atoms with van der Waals surface area (Å²) in [5.41, 5.74) is 12.2. The van der Waals surface area contributed by atoms with Crippen molar-refractivity contribution in [3.63, 3.8) is 0 Å². The number of imidazole rings is 2. The third-order valence-corrected chi connectivity index (χ3v) is 13.1. The Balaban J connectivity index is 0.794. The number of rotatable bonds is 11. The van der Waals surface area contributed by atoms with Crippen LogP contribution in [0, 0.1) is 12.7 Å². The molecule has 0 amide bonds. The van der Waals surface area contributed by atoms with Crippen molar-refractivity contribution in [2.45, 2.75) is 38.5 Å². The van der Waals surface area contributed by atoms with Crippen molar-refractivity contribution < 1.29 is 18.6 Å². The molecule has 4 aromatic heterocycles. The third kappa shape index (κ3) is 8.08. The number of para-hydroxylation sites is 8. The molecule has 6 heterocycles. The Labute approximate surface area is 396 Å². The van der Waals surface area contributed by atoms with Crippen LogP contribution in [0.3, 0.4) is 0 Å². The average molecular weight is 891 g/mol. The smallest absolute Gasteiger partial charge is 0.269 e. The lowest BCUT2D eigenvalue weighted by atomic mass is 10.1. The van der Waals surface area contributed by atoms with Crippen LogP contribution in [0.15, 0.2) is 182 Å². The average Bonchev–Trinajstić information content (AvgIpc) is 3.99. The first-order valence-electron chi connectivity index (χ1n) is 23.8. The van der Waals surface area contributed by atoms with Gasteiger partial charge in [-0.3, -0.25) is 28.2 Å². The number of hydrogen-bond acceptors (Lipinski definition) is 6. The van der Waals surface area contributed by atoms with Gasteiger partial charge in [0.15, 0.2) is 0 Å². The quantitative estimate of drug-likeness (QED) is 0.0952. The highest BCUT2D eigenvalue weighted by atomic mass is 16.5. The van der Waals surface area contributed by atoms with E-state index < -0.39 is 0 Å². The number of pyridine rings is 2. The van der Waals surface area contributed by atoms with Crippen LogP contribution in [-0.4, -0.2) is 45.3 Å². The number of anilines is 2.